The summed E-state index contributed by atoms with van der Waals surface area (Å²) in [4.78, 5) is 0. The van der Waals surface area contributed by atoms with Gasteiger partial charge in [0, 0.05) is 20.3 Å². The van der Waals surface area contributed by atoms with Crippen molar-refractivity contribution in [2.24, 2.45) is 11.7 Å². The van der Waals surface area contributed by atoms with Gasteiger partial charge in [0.15, 0.2) is 0 Å². The van der Waals surface area contributed by atoms with E-state index in [2.05, 4.69) is 21.0 Å². The maximum absolute atomic E-state index is 6.40. The number of nitrogens with zero attached hydrogens (tertiary/aromatic N) is 2. The molecule has 0 amide bonds. The zero-order valence-corrected chi connectivity index (χ0v) is 12.2. The van der Waals surface area contributed by atoms with E-state index in [0.29, 0.717) is 12.5 Å². The highest BCUT2D eigenvalue weighted by Crippen LogP contribution is 2.32. The van der Waals surface area contributed by atoms with Crippen LogP contribution < -0.4 is 5.73 Å². The predicted octanol–water partition coefficient (Wildman–Crippen LogP) is 1.72. The monoisotopic (exact) mass is 317 g/mol. The molecule has 0 radical (unpaired) electrons. The van der Waals surface area contributed by atoms with Crippen molar-refractivity contribution in [1.82, 2.24) is 9.78 Å². The maximum Gasteiger partial charge on any atom is 0.0697 e. The smallest absolute Gasteiger partial charge is 0.0697 e. The summed E-state index contributed by atoms with van der Waals surface area (Å²) in [6, 6.07) is 0.00244. The SMILES string of the molecule is COCCn1ncc(Br)c1C(N)C1CCOCC1. The fraction of sp³-hybridized carbons (Fsp3) is 0.750. The molecule has 1 aromatic rings. The molecule has 2 rings (SSSR count). The summed E-state index contributed by atoms with van der Waals surface area (Å²) >= 11 is 3.54. The Kier molecular flexibility index (Phi) is 5.17. The summed E-state index contributed by atoms with van der Waals surface area (Å²) in [5, 5.41) is 4.35. The van der Waals surface area contributed by atoms with E-state index in [0.717, 1.165) is 42.8 Å². The van der Waals surface area contributed by atoms with Gasteiger partial charge in [-0.05, 0) is 34.7 Å². The lowest BCUT2D eigenvalue weighted by Gasteiger charge is -2.28. The van der Waals surface area contributed by atoms with Crippen LogP contribution >= 0.6 is 15.9 Å². The lowest BCUT2D eigenvalue weighted by atomic mass is 9.90. The van der Waals surface area contributed by atoms with E-state index in [1.807, 2.05) is 10.9 Å². The highest BCUT2D eigenvalue weighted by molar-refractivity contribution is 9.10. The average Bonchev–Trinajstić information content (AvgIpc) is 2.77. The van der Waals surface area contributed by atoms with E-state index in [4.69, 9.17) is 15.2 Å². The number of aromatic nitrogens is 2. The topological polar surface area (TPSA) is 62.3 Å². The van der Waals surface area contributed by atoms with Crippen LogP contribution in [-0.4, -0.2) is 36.7 Å². The van der Waals surface area contributed by atoms with Gasteiger partial charge in [-0.2, -0.15) is 5.10 Å². The second-order valence-corrected chi connectivity index (χ2v) is 5.42. The van der Waals surface area contributed by atoms with Gasteiger partial charge in [-0.15, -0.1) is 0 Å². The molecule has 1 unspecified atom stereocenters. The molecule has 1 aliphatic rings. The highest BCUT2D eigenvalue weighted by Gasteiger charge is 2.26. The second kappa shape index (κ2) is 6.65. The van der Waals surface area contributed by atoms with Crippen molar-refractivity contribution >= 4 is 15.9 Å². The first-order valence-electron chi connectivity index (χ1n) is 6.27. The van der Waals surface area contributed by atoms with Crippen molar-refractivity contribution in [3.05, 3.63) is 16.4 Å². The molecule has 1 aromatic heterocycles. The van der Waals surface area contributed by atoms with Gasteiger partial charge in [0.1, 0.15) is 0 Å². The molecule has 1 aliphatic heterocycles. The van der Waals surface area contributed by atoms with E-state index in [1.54, 1.807) is 7.11 Å². The Morgan fingerprint density at radius 1 is 1.61 bits per heavy atom. The second-order valence-electron chi connectivity index (χ2n) is 4.57. The van der Waals surface area contributed by atoms with Crippen molar-refractivity contribution in [1.29, 1.82) is 0 Å². The van der Waals surface area contributed by atoms with E-state index in [1.165, 1.54) is 0 Å². The zero-order valence-electron chi connectivity index (χ0n) is 10.6. The third kappa shape index (κ3) is 3.12. The Bertz CT molecular complexity index is 377. The number of ether oxygens (including phenoxy) is 2. The Morgan fingerprint density at radius 2 is 2.33 bits per heavy atom. The van der Waals surface area contributed by atoms with Gasteiger partial charge in [0.25, 0.3) is 0 Å². The van der Waals surface area contributed by atoms with E-state index in [-0.39, 0.29) is 6.04 Å². The number of methoxy groups -OCH3 is 1. The Labute approximate surface area is 116 Å². The van der Waals surface area contributed by atoms with Crippen LogP contribution in [0.4, 0.5) is 0 Å². The number of hydrogen-bond donors (Lipinski definition) is 1. The summed E-state index contributed by atoms with van der Waals surface area (Å²) < 4.78 is 13.4. The molecule has 0 saturated carbocycles. The summed E-state index contributed by atoms with van der Waals surface area (Å²) in [6.07, 6.45) is 3.84. The number of nitrogens with two attached hydrogens (primary N) is 1. The third-order valence-electron chi connectivity index (χ3n) is 3.43. The normalized spacial score (nSPS) is 19.1. The summed E-state index contributed by atoms with van der Waals surface area (Å²) in [7, 11) is 1.69. The van der Waals surface area contributed by atoms with Gasteiger partial charge in [0.2, 0.25) is 0 Å². The third-order valence-corrected chi connectivity index (χ3v) is 4.04. The first-order valence-corrected chi connectivity index (χ1v) is 7.06. The fourth-order valence-electron chi connectivity index (χ4n) is 2.36. The summed E-state index contributed by atoms with van der Waals surface area (Å²) in [6.45, 7) is 2.99. The van der Waals surface area contributed by atoms with Crippen molar-refractivity contribution in [3.63, 3.8) is 0 Å². The van der Waals surface area contributed by atoms with Gasteiger partial charge in [-0.25, -0.2) is 0 Å². The number of rotatable bonds is 5. The van der Waals surface area contributed by atoms with Crippen LogP contribution in [0.5, 0.6) is 0 Å². The van der Waals surface area contributed by atoms with E-state index < -0.39 is 0 Å². The minimum absolute atomic E-state index is 0.00244. The van der Waals surface area contributed by atoms with Crippen LogP contribution in [0.25, 0.3) is 0 Å². The van der Waals surface area contributed by atoms with Crippen LogP contribution in [0.2, 0.25) is 0 Å². The van der Waals surface area contributed by atoms with Gasteiger partial charge < -0.3 is 15.2 Å². The summed E-state index contributed by atoms with van der Waals surface area (Å²) in [5.41, 5.74) is 7.47. The Morgan fingerprint density at radius 3 is 3.00 bits per heavy atom. The number of halogens is 1. The van der Waals surface area contributed by atoms with Crippen LogP contribution in [0.3, 0.4) is 0 Å². The van der Waals surface area contributed by atoms with Crippen LogP contribution in [-0.2, 0) is 16.0 Å². The Hall–Kier alpha value is -0.430. The lowest BCUT2D eigenvalue weighted by molar-refractivity contribution is 0.0571. The van der Waals surface area contributed by atoms with Crippen molar-refractivity contribution in [2.45, 2.75) is 25.4 Å². The molecule has 0 spiro atoms. The fourth-order valence-corrected chi connectivity index (χ4v) is 2.92. The Balaban J connectivity index is 2.12. The van der Waals surface area contributed by atoms with Crippen LogP contribution in [0.15, 0.2) is 10.7 Å². The largest absolute Gasteiger partial charge is 0.383 e. The first-order chi connectivity index (χ1) is 8.74. The van der Waals surface area contributed by atoms with Gasteiger partial charge >= 0.3 is 0 Å². The molecule has 6 heteroatoms. The molecule has 0 aliphatic carbocycles. The molecule has 0 aromatic carbocycles. The average molecular weight is 318 g/mol. The van der Waals surface area contributed by atoms with Crippen LogP contribution in [0.1, 0.15) is 24.6 Å². The molecule has 1 saturated heterocycles. The summed E-state index contributed by atoms with van der Waals surface area (Å²) in [5.74, 6) is 0.466. The minimum Gasteiger partial charge on any atom is -0.383 e. The van der Waals surface area contributed by atoms with Crippen LogP contribution in [0, 0.1) is 5.92 Å². The molecule has 1 atom stereocenters. The maximum atomic E-state index is 6.40. The lowest BCUT2D eigenvalue weighted by Crippen LogP contribution is -2.30. The molecule has 5 nitrogen and oxygen atoms in total. The molecule has 0 bridgehead atoms. The van der Waals surface area contributed by atoms with Crippen molar-refractivity contribution in [3.8, 4) is 0 Å². The molecule has 2 N–H and O–H groups in total. The van der Waals surface area contributed by atoms with Crippen molar-refractivity contribution in [2.75, 3.05) is 26.9 Å². The van der Waals surface area contributed by atoms with Gasteiger partial charge in [0.05, 0.1) is 35.6 Å². The minimum atomic E-state index is 0.00244. The number of hydrogen-bond acceptors (Lipinski definition) is 4. The van der Waals surface area contributed by atoms with E-state index >= 15 is 0 Å². The molecular formula is C12H20BrN3O2. The van der Waals surface area contributed by atoms with Crippen molar-refractivity contribution < 1.29 is 9.47 Å². The van der Waals surface area contributed by atoms with Gasteiger partial charge in [-0.1, -0.05) is 0 Å². The molecule has 18 heavy (non-hydrogen) atoms. The van der Waals surface area contributed by atoms with Gasteiger partial charge in [-0.3, -0.25) is 4.68 Å². The highest BCUT2D eigenvalue weighted by atomic mass is 79.9. The standard InChI is InChI=1S/C12H20BrN3O2/c1-17-7-4-16-12(10(13)8-15-16)11(14)9-2-5-18-6-3-9/h8-9,11H,2-7,14H2,1H3. The molecule has 2 heterocycles. The van der Waals surface area contributed by atoms with E-state index in [9.17, 15) is 0 Å². The molecule has 102 valence electrons. The predicted molar refractivity (Wildman–Crippen MR) is 72.3 cm³/mol. The zero-order chi connectivity index (χ0) is 13.0. The quantitative estimate of drug-likeness (QED) is 0.898. The molecule has 1 fully saturated rings. The molecular weight excluding hydrogens is 298 g/mol. The first kappa shape index (κ1) is 14.0.